The average Bonchev–Trinajstić information content (AvgIpc) is 1.00. The van der Waals surface area contributed by atoms with Crippen LogP contribution in [0.4, 0.5) is 0 Å². The van der Waals surface area contributed by atoms with Crippen molar-refractivity contribution in [1.29, 1.82) is 0 Å². The van der Waals surface area contributed by atoms with Crippen LogP contribution < -0.4 is 0 Å². The zero-order valence-electron chi connectivity index (χ0n) is 2.22. The molecule has 0 N–H and O–H groups in total. The molecule has 0 heterocycles. The van der Waals surface area contributed by atoms with E-state index in [1.807, 2.05) is 15.9 Å². The van der Waals surface area contributed by atoms with Gasteiger partial charge in [-0.25, -0.2) is 0 Å². The van der Waals surface area contributed by atoms with Gasteiger partial charge in [-0.05, 0) is 0 Å². The quantitative estimate of drug-likeness (QED) is 0.514. The van der Waals surface area contributed by atoms with Crippen LogP contribution >= 0.6 is 0 Å². The van der Waals surface area contributed by atoms with Gasteiger partial charge in [0.25, 0.3) is 0 Å². The summed E-state index contributed by atoms with van der Waals surface area (Å²) in [5.41, 5.74) is 0. The first-order valence-corrected chi connectivity index (χ1v) is 0.595. The van der Waals surface area contributed by atoms with Crippen LogP contribution in [0, 0.1) is 77.3 Å². The summed E-state index contributed by atoms with van der Waals surface area (Å²) in [7, 11) is 0. The summed E-state index contributed by atoms with van der Waals surface area (Å²) in [4.78, 5) is 0. The summed E-state index contributed by atoms with van der Waals surface area (Å²) >= 11 is 2.00. The molecule has 0 aliphatic rings. The van der Waals surface area contributed by atoms with Crippen LogP contribution in [0.2, 0.25) is 0 Å². The van der Waals surface area contributed by atoms with Gasteiger partial charge in [0.2, 0.25) is 0 Å². The molecule has 2 radical (unpaired) electrons. The van der Waals surface area contributed by atoms with Crippen molar-refractivity contribution in [3.8, 4) is 0 Å². The Bertz CT molecular complexity index is 11.6. The molecule has 28 valence electrons. The van der Waals surface area contributed by atoms with Crippen LogP contribution in [0.5, 0.6) is 0 Å². The van der Waals surface area contributed by atoms with E-state index >= 15 is 0 Å². The van der Waals surface area contributed by atoms with Crippen molar-refractivity contribution < 1.29 is 114 Å². The molecule has 0 atom stereocenters. The van der Waals surface area contributed by atoms with Gasteiger partial charge >= 0.3 is 19.8 Å². The van der Waals surface area contributed by atoms with Gasteiger partial charge in [-0.2, -0.15) is 0 Å². The van der Waals surface area contributed by atoms with E-state index in [2.05, 4.69) is 0 Å². The Morgan fingerprint density at radius 1 is 1.20 bits per heavy atom. The fourth-order valence-electron chi connectivity index (χ4n) is 0. The molecule has 0 unspecified atom stereocenters. The molecule has 5 heavy (non-hydrogen) atoms. The standard InChI is InChI=1S/Ce.Fe.La.Mn.O. The zero-order valence-corrected chi connectivity index (χ0v) is 11.3. The predicted molar refractivity (Wildman–Crippen MR) is 0.686 cm³/mol. The molecule has 1 nitrogen and oxygen atoms in total. The molecule has 0 aliphatic carbocycles. The molecule has 0 aromatic rings. The maximum atomic E-state index is 8.00. The summed E-state index contributed by atoms with van der Waals surface area (Å²) in [6, 6.07) is 0. The van der Waals surface area contributed by atoms with Gasteiger partial charge < -0.3 is 0 Å². The minimum atomic E-state index is 0. The maximum absolute atomic E-state index is 8.00. The van der Waals surface area contributed by atoms with Crippen LogP contribution in [0.15, 0.2) is 0 Å². The van der Waals surface area contributed by atoms with Crippen LogP contribution in [0.1, 0.15) is 0 Å². The Morgan fingerprint density at radius 3 is 1.20 bits per heavy atom. The average molecular weight is 406 g/mol. The van der Waals surface area contributed by atoms with Crippen molar-refractivity contribution in [3.05, 3.63) is 0 Å². The fourth-order valence-corrected chi connectivity index (χ4v) is 0. The van der Waals surface area contributed by atoms with E-state index in [9.17, 15) is 0 Å². The van der Waals surface area contributed by atoms with Gasteiger partial charge in [0, 0.05) is 94.4 Å². The molecule has 0 aromatic carbocycles. The van der Waals surface area contributed by atoms with E-state index in [-0.39, 0.29) is 94.4 Å². The summed E-state index contributed by atoms with van der Waals surface area (Å²) < 4.78 is 8.00. The summed E-state index contributed by atoms with van der Waals surface area (Å²) in [6.07, 6.45) is 0. The fraction of sp³-hybridized carbons (Fsp3) is 0. The van der Waals surface area contributed by atoms with Crippen molar-refractivity contribution in [1.82, 2.24) is 0 Å². The molecule has 0 amide bonds. The Morgan fingerprint density at radius 2 is 1.20 bits per heavy atom. The van der Waals surface area contributed by atoms with Crippen LogP contribution in [0.25, 0.3) is 0 Å². The van der Waals surface area contributed by atoms with Crippen LogP contribution in [-0.4, -0.2) is 0 Å². The first-order valence-electron chi connectivity index (χ1n) is 0.144. The Balaban J connectivity index is -0.00000000167. The van der Waals surface area contributed by atoms with E-state index in [4.69, 9.17) is 3.83 Å². The molecule has 0 saturated heterocycles. The topological polar surface area (TPSA) is 17.1 Å². The van der Waals surface area contributed by atoms with Crippen LogP contribution in [0.3, 0.4) is 0 Å². The predicted octanol–water partition coefficient (Wildman–Crippen LogP) is -0.124. The SMILES string of the molecule is [Ce].[La].[Mn].[O]=[Fe]. The third-order valence-electron chi connectivity index (χ3n) is 0. The summed E-state index contributed by atoms with van der Waals surface area (Å²) in [6.45, 7) is 0. The van der Waals surface area contributed by atoms with Gasteiger partial charge in [0.15, 0.2) is 0 Å². The van der Waals surface area contributed by atoms with Gasteiger partial charge in [-0.15, -0.1) is 0 Å². The van der Waals surface area contributed by atoms with E-state index in [1.165, 1.54) is 0 Å². The Hall–Kier alpha value is 3.41. The molecule has 0 spiro atoms. The van der Waals surface area contributed by atoms with Gasteiger partial charge in [-0.3, -0.25) is 0 Å². The molecule has 0 saturated carbocycles. The first-order chi connectivity index (χ1) is 1.00. The van der Waals surface area contributed by atoms with E-state index < -0.39 is 0 Å². The Kier molecular flexibility index (Phi) is 124. The van der Waals surface area contributed by atoms with Gasteiger partial charge in [0.05, 0.1) is 0 Å². The summed E-state index contributed by atoms with van der Waals surface area (Å²) in [5.74, 6) is 0. The van der Waals surface area contributed by atoms with E-state index in [0.717, 1.165) is 0 Å². The molecule has 0 fully saturated rings. The molecular weight excluding hydrogens is 406 g/mol. The normalized spacial score (nSPS) is 1.00. The van der Waals surface area contributed by atoms with Crippen molar-refractivity contribution in [3.63, 3.8) is 0 Å². The molecule has 0 rings (SSSR count). The second kappa shape index (κ2) is 26.2. The second-order valence-corrected chi connectivity index (χ2v) is 0. The second-order valence-electron chi connectivity index (χ2n) is 0. The monoisotopic (exact) mass is 406 g/mol. The molecule has 0 bridgehead atoms. The van der Waals surface area contributed by atoms with Crippen molar-refractivity contribution in [2.45, 2.75) is 0 Å². The van der Waals surface area contributed by atoms with Crippen molar-refractivity contribution in [2.75, 3.05) is 0 Å². The van der Waals surface area contributed by atoms with E-state index in [0.29, 0.717) is 0 Å². The van der Waals surface area contributed by atoms with Gasteiger partial charge in [0.1, 0.15) is 0 Å². The molecule has 0 aliphatic heterocycles. The Labute approximate surface area is 111 Å². The van der Waals surface area contributed by atoms with E-state index in [1.54, 1.807) is 0 Å². The first kappa shape index (κ1) is 23.7. The molecule has 5 heteroatoms. The number of rotatable bonds is 0. The van der Waals surface area contributed by atoms with Gasteiger partial charge in [-0.1, -0.05) is 0 Å². The minimum absolute atomic E-state index is 0. The summed E-state index contributed by atoms with van der Waals surface area (Å²) in [5, 5.41) is 0. The zero-order chi connectivity index (χ0) is 2.00. The number of hydrogen-bond donors (Lipinski definition) is 0. The van der Waals surface area contributed by atoms with Crippen molar-refractivity contribution >= 4 is 0 Å². The van der Waals surface area contributed by atoms with Crippen LogP contribution in [-0.2, 0) is 36.8 Å². The van der Waals surface area contributed by atoms with Crippen molar-refractivity contribution in [2.24, 2.45) is 0 Å². The third-order valence-corrected chi connectivity index (χ3v) is 0. The number of hydrogen-bond acceptors (Lipinski definition) is 1. The third kappa shape index (κ3) is 18.7. The molecular formula is CeFeLaMnO. The molecule has 0 aromatic heterocycles.